The highest BCUT2D eigenvalue weighted by Crippen LogP contribution is 2.35. The molecule has 0 aliphatic heterocycles. The number of amides is 2. The van der Waals surface area contributed by atoms with E-state index < -0.39 is 0 Å². The van der Waals surface area contributed by atoms with Crippen LogP contribution in [0.3, 0.4) is 0 Å². The predicted octanol–water partition coefficient (Wildman–Crippen LogP) is 3.87. The Kier molecular flexibility index (Phi) is 9.34. The highest BCUT2D eigenvalue weighted by molar-refractivity contribution is 7.18. The predicted molar refractivity (Wildman–Crippen MR) is 128 cm³/mol. The molecule has 2 amide bonds. The Hall–Kier alpha value is -2.78. The first kappa shape index (κ1) is 25.5. The molecule has 0 unspecified atom stereocenters. The van der Waals surface area contributed by atoms with E-state index in [4.69, 9.17) is 14.2 Å². The zero-order valence-corrected chi connectivity index (χ0v) is 20.6. The standard InChI is InChI=1S/C23H33N3O5S/c1-14(2)26(15(3)4)11-10-24-23(28)20-8-9-21(32-20)25-22(27)16-12-18(30-6)19(31-7)13-17(16)29-5/h8-9,12-15H,10-11H2,1-7H3,(H,24,28)(H,25,27). The number of rotatable bonds is 11. The fraction of sp³-hybridized carbons (Fsp3) is 0.478. The van der Waals surface area contributed by atoms with Crippen LogP contribution < -0.4 is 24.8 Å². The number of methoxy groups -OCH3 is 3. The lowest BCUT2D eigenvalue weighted by Crippen LogP contribution is -2.42. The van der Waals surface area contributed by atoms with Gasteiger partial charge in [-0.2, -0.15) is 0 Å². The van der Waals surface area contributed by atoms with E-state index in [9.17, 15) is 9.59 Å². The number of carbonyl (C=O) groups is 2. The summed E-state index contributed by atoms with van der Waals surface area (Å²) in [6.07, 6.45) is 0. The molecule has 2 aromatic rings. The number of nitrogens with zero attached hydrogens (tertiary/aromatic N) is 1. The molecule has 9 heteroatoms. The molecule has 0 aliphatic rings. The van der Waals surface area contributed by atoms with Crippen molar-refractivity contribution in [3.05, 3.63) is 34.7 Å². The lowest BCUT2D eigenvalue weighted by Gasteiger charge is -2.30. The van der Waals surface area contributed by atoms with Crippen molar-refractivity contribution in [3.8, 4) is 17.2 Å². The summed E-state index contributed by atoms with van der Waals surface area (Å²) >= 11 is 1.21. The number of hydrogen-bond donors (Lipinski definition) is 2. The van der Waals surface area contributed by atoms with Gasteiger partial charge in [-0.15, -0.1) is 11.3 Å². The normalized spacial score (nSPS) is 11.1. The first-order valence-electron chi connectivity index (χ1n) is 10.5. The topological polar surface area (TPSA) is 89.1 Å². The van der Waals surface area contributed by atoms with E-state index in [1.165, 1.54) is 32.7 Å². The Bertz CT molecular complexity index is 918. The summed E-state index contributed by atoms with van der Waals surface area (Å²) in [6, 6.07) is 7.37. The maximum absolute atomic E-state index is 12.8. The molecule has 0 saturated heterocycles. The minimum absolute atomic E-state index is 0.161. The summed E-state index contributed by atoms with van der Waals surface area (Å²) in [4.78, 5) is 28.2. The molecule has 0 atom stereocenters. The van der Waals surface area contributed by atoms with Gasteiger partial charge in [0, 0.05) is 37.3 Å². The summed E-state index contributed by atoms with van der Waals surface area (Å²) < 4.78 is 15.9. The van der Waals surface area contributed by atoms with Crippen LogP contribution in [0.1, 0.15) is 47.7 Å². The summed E-state index contributed by atoms with van der Waals surface area (Å²) in [5.41, 5.74) is 0.298. The highest BCUT2D eigenvalue weighted by Gasteiger charge is 2.19. The van der Waals surface area contributed by atoms with Crippen LogP contribution in [0.5, 0.6) is 17.2 Å². The Morgan fingerprint density at radius 3 is 2.06 bits per heavy atom. The van der Waals surface area contributed by atoms with Crippen LogP contribution in [0.2, 0.25) is 0 Å². The quantitative estimate of drug-likeness (QED) is 0.526. The number of benzene rings is 1. The lowest BCUT2D eigenvalue weighted by molar-refractivity contribution is 0.0942. The van der Waals surface area contributed by atoms with E-state index in [0.29, 0.717) is 51.3 Å². The molecule has 0 radical (unpaired) electrons. The number of hydrogen-bond acceptors (Lipinski definition) is 7. The Morgan fingerprint density at radius 1 is 0.906 bits per heavy atom. The fourth-order valence-corrected chi connectivity index (χ4v) is 4.23. The summed E-state index contributed by atoms with van der Waals surface area (Å²) in [7, 11) is 4.49. The van der Waals surface area contributed by atoms with Crippen LogP contribution in [-0.2, 0) is 0 Å². The summed E-state index contributed by atoms with van der Waals surface area (Å²) in [6.45, 7) is 9.90. The van der Waals surface area contributed by atoms with Crippen molar-refractivity contribution >= 4 is 28.2 Å². The molecule has 1 heterocycles. The average Bonchev–Trinajstić information content (AvgIpc) is 3.23. The van der Waals surface area contributed by atoms with E-state index in [1.807, 2.05) is 0 Å². The van der Waals surface area contributed by atoms with Gasteiger partial charge in [-0.3, -0.25) is 14.5 Å². The fourth-order valence-electron chi connectivity index (χ4n) is 3.41. The van der Waals surface area contributed by atoms with Crippen LogP contribution >= 0.6 is 11.3 Å². The Morgan fingerprint density at radius 2 is 1.50 bits per heavy atom. The van der Waals surface area contributed by atoms with Gasteiger partial charge in [-0.25, -0.2) is 0 Å². The molecule has 2 N–H and O–H groups in total. The Balaban J connectivity index is 2.04. The van der Waals surface area contributed by atoms with Gasteiger partial charge in [0.25, 0.3) is 11.8 Å². The first-order valence-corrected chi connectivity index (χ1v) is 11.3. The zero-order valence-electron chi connectivity index (χ0n) is 19.8. The summed E-state index contributed by atoms with van der Waals surface area (Å²) in [5.74, 6) is 0.702. The molecular formula is C23H33N3O5S. The van der Waals surface area contributed by atoms with Gasteiger partial charge in [0.1, 0.15) is 5.75 Å². The largest absolute Gasteiger partial charge is 0.496 e. The lowest BCUT2D eigenvalue weighted by atomic mass is 10.1. The van der Waals surface area contributed by atoms with Crippen LogP contribution in [0.15, 0.2) is 24.3 Å². The molecule has 32 heavy (non-hydrogen) atoms. The van der Waals surface area contributed by atoms with Gasteiger partial charge in [0.15, 0.2) is 11.5 Å². The Labute approximate surface area is 193 Å². The van der Waals surface area contributed by atoms with Crippen LogP contribution in [0.25, 0.3) is 0 Å². The molecule has 8 nitrogen and oxygen atoms in total. The van der Waals surface area contributed by atoms with Crippen molar-refractivity contribution < 1.29 is 23.8 Å². The van der Waals surface area contributed by atoms with Gasteiger partial charge in [-0.1, -0.05) is 0 Å². The summed E-state index contributed by atoms with van der Waals surface area (Å²) in [5, 5.41) is 6.32. The zero-order chi connectivity index (χ0) is 23.8. The second-order valence-corrected chi connectivity index (χ2v) is 8.79. The molecule has 0 bridgehead atoms. The first-order chi connectivity index (χ1) is 15.2. The third-order valence-corrected chi connectivity index (χ3v) is 6.00. The molecule has 2 rings (SSSR count). The average molecular weight is 464 g/mol. The third-order valence-electron chi connectivity index (χ3n) is 5.00. The number of nitrogens with one attached hydrogen (secondary N) is 2. The van der Waals surface area contributed by atoms with Gasteiger partial charge in [-0.05, 0) is 39.8 Å². The van der Waals surface area contributed by atoms with Crippen LogP contribution in [0, 0.1) is 0 Å². The number of thiophene rings is 1. The number of carbonyl (C=O) groups excluding carboxylic acids is 2. The molecular weight excluding hydrogens is 430 g/mol. The molecule has 1 aromatic carbocycles. The molecule has 0 fully saturated rings. The number of anilines is 1. The van der Waals surface area contributed by atoms with E-state index in [1.54, 1.807) is 24.3 Å². The third kappa shape index (κ3) is 6.37. The second kappa shape index (κ2) is 11.7. The van der Waals surface area contributed by atoms with Crippen molar-refractivity contribution in [3.63, 3.8) is 0 Å². The maximum Gasteiger partial charge on any atom is 0.261 e. The van der Waals surface area contributed by atoms with Crippen molar-refractivity contribution in [1.29, 1.82) is 0 Å². The minimum atomic E-state index is -0.374. The van der Waals surface area contributed by atoms with Crippen molar-refractivity contribution in [2.45, 2.75) is 39.8 Å². The minimum Gasteiger partial charge on any atom is -0.496 e. The SMILES string of the molecule is COc1cc(OC)c(C(=O)Nc2ccc(C(=O)NCCN(C(C)C)C(C)C)s2)cc1OC. The van der Waals surface area contributed by atoms with Crippen molar-refractivity contribution in [2.75, 3.05) is 39.7 Å². The van der Waals surface area contributed by atoms with Crippen molar-refractivity contribution in [2.24, 2.45) is 0 Å². The number of ether oxygens (including phenoxy) is 3. The van der Waals surface area contributed by atoms with Crippen molar-refractivity contribution in [1.82, 2.24) is 10.2 Å². The van der Waals surface area contributed by atoms with Gasteiger partial charge in [0.05, 0.1) is 36.8 Å². The van der Waals surface area contributed by atoms with Gasteiger partial charge < -0.3 is 24.8 Å². The van der Waals surface area contributed by atoms with E-state index in [0.717, 1.165) is 6.54 Å². The smallest absolute Gasteiger partial charge is 0.261 e. The monoisotopic (exact) mass is 463 g/mol. The second-order valence-electron chi connectivity index (χ2n) is 7.71. The van der Waals surface area contributed by atoms with E-state index >= 15 is 0 Å². The van der Waals surface area contributed by atoms with Crippen LogP contribution in [-0.4, -0.2) is 63.2 Å². The molecule has 176 valence electrons. The van der Waals surface area contributed by atoms with E-state index in [-0.39, 0.29) is 11.8 Å². The van der Waals surface area contributed by atoms with Gasteiger partial charge >= 0.3 is 0 Å². The van der Waals surface area contributed by atoms with Gasteiger partial charge in [0.2, 0.25) is 0 Å². The molecule has 0 aliphatic carbocycles. The van der Waals surface area contributed by atoms with Crippen LogP contribution in [0.4, 0.5) is 5.00 Å². The maximum atomic E-state index is 12.8. The van der Waals surface area contributed by atoms with E-state index in [2.05, 4.69) is 43.2 Å². The molecule has 1 aromatic heterocycles. The molecule has 0 saturated carbocycles. The molecule has 0 spiro atoms. The highest BCUT2D eigenvalue weighted by atomic mass is 32.1.